The van der Waals surface area contributed by atoms with E-state index in [1.54, 1.807) is 24.4 Å². The summed E-state index contributed by atoms with van der Waals surface area (Å²) in [7, 11) is -4.06. The molecule has 4 heterocycles. The highest BCUT2D eigenvalue weighted by molar-refractivity contribution is 9.10. The minimum absolute atomic E-state index is 0.0481. The molecule has 1 aliphatic rings. The molecule has 0 aliphatic carbocycles. The molecule has 1 saturated heterocycles. The summed E-state index contributed by atoms with van der Waals surface area (Å²) < 4.78 is 36.4. The van der Waals surface area contributed by atoms with E-state index in [0.29, 0.717) is 12.3 Å². The number of aryl methyl sites for hydroxylation is 1. The van der Waals surface area contributed by atoms with E-state index in [0.717, 1.165) is 22.9 Å². The van der Waals surface area contributed by atoms with Crippen molar-refractivity contribution in [2.24, 2.45) is 0 Å². The number of sulfone groups is 1. The van der Waals surface area contributed by atoms with Gasteiger partial charge in [0.05, 0.1) is 22.9 Å². The lowest BCUT2D eigenvalue weighted by Crippen LogP contribution is -2.33. The van der Waals surface area contributed by atoms with Gasteiger partial charge in [0.2, 0.25) is 9.84 Å². The third kappa shape index (κ3) is 3.71. The minimum Gasteiger partial charge on any atom is -0.376 e. The molecule has 1 aromatic carbocycles. The number of aromatic nitrogens is 3. The van der Waals surface area contributed by atoms with Crippen LogP contribution in [-0.4, -0.2) is 35.1 Å². The molecule has 33 heavy (non-hydrogen) atoms. The van der Waals surface area contributed by atoms with Gasteiger partial charge in [0.25, 0.3) is 5.56 Å². The number of pyridine rings is 2. The van der Waals surface area contributed by atoms with Crippen molar-refractivity contribution in [3.8, 4) is 0 Å². The van der Waals surface area contributed by atoms with Crippen LogP contribution in [0, 0.1) is 12.3 Å². The average molecular weight is 529 g/mol. The molecule has 0 saturated carbocycles. The molecule has 0 amide bonds. The first-order valence-corrected chi connectivity index (χ1v) is 12.8. The van der Waals surface area contributed by atoms with Crippen LogP contribution < -0.4 is 11.0 Å². The number of ether oxygens (including phenoxy) is 1. The quantitative estimate of drug-likeness (QED) is 0.409. The molecule has 0 unspecified atom stereocenters. The van der Waals surface area contributed by atoms with Crippen LogP contribution in [0.5, 0.6) is 0 Å². The van der Waals surface area contributed by atoms with Crippen molar-refractivity contribution < 1.29 is 13.2 Å². The molecule has 10 heteroatoms. The lowest BCUT2D eigenvalue weighted by Gasteiger charge is -2.18. The standard InChI is InChI=1S/C23H21BrN4O4S/c1-14-4-2-10-27-21(14)26-22-18(23(27)29)12-19(20(25)28(22)13-16-5-3-11-32-16)33(30,31)17-8-6-15(24)7-9-17/h2,4,6-10,12,16,25H,3,5,11,13H2,1H3/t16-/m1/s1. The number of benzene rings is 1. The lowest BCUT2D eigenvalue weighted by atomic mass is 10.2. The number of halogens is 1. The Morgan fingerprint density at radius 1 is 1.21 bits per heavy atom. The summed E-state index contributed by atoms with van der Waals surface area (Å²) in [6, 6.07) is 11.1. The van der Waals surface area contributed by atoms with Crippen LogP contribution in [0.1, 0.15) is 18.4 Å². The highest BCUT2D eigenvalue weighted by Gasteiger charge is 2.26. The Bertz CT molecular complexity index is 1620. The van der Waals surface area contributed by atoms with Gasteiger partial charge in [0.15, 0.2) is 0 Å². The van der Waals surface area contributed by atoms with E-state index in [2.05, 4.69) is 15.9 Å². The molecule has 1 aliphatic heterocycles. The molecule has 8 nitrogen and oxygen atoms in total. The van der Waals surface area contributed by atoms with Crippen LogP contribution in [0.15, 0.2) is 67.7 Å². The van der Waals surface area contributed by atoms with Crippen molar-refractivity contribution in [2.45, 2.75) is 42.2 Å². The first-order valence-electron chi connectivity index (χ1n) is 10.5. The SMILES string of the molecule is Cc1cccn2c(=O)c3cc(S(=O)(=O)c4ccc(Br)cc4)c(=N)n(C[C@H]4CCCO4)c3nc12. The Balaban J connectivity index is 1.86. The van der Waals surface area contributed by atoms with E-state index in [-0.39, 0.29) is 44.5 Å². The summed E-state index contributed by atoms with van der Waals surface area (Å²) in [5, 5.41) is 8.98. The largest absolute Gasteiger partial charge is 0.376 e. The van der Waals surface area contributed by atoms with Crippen LogP contribution >= 0.6 is 15.9 Å². The van der Waals surface area contributed by atoms with Gasteiger partial charge in [-0.3, -0.25) is 14.6 Å². The minimum atomic E-state index is -4.06. The number of nitrogens with zero attached hydrogens (tertiary/aromatic N) is 3. The average Bonchev–Trinajstić information content (AvgIpc) is 3.30. The van der Waals surface area contributed by atoms with Crippen molar-refractivity contribution in [3.63, 3.8) is 0 Å². The molecule has 1 atom stereocenters. The summed E-state index contributed by atoms with van der Waals surface area (Å²) in [4.78, 5) is 17.9. The van der Waals surface area contributed by atoms with Crippen LogP contribution in [0.2, 0.25) is 0 Å². The number of fused-ring (bicyclic) bond motifs is 2. The first-order chi connectivity index (χ1) is 15.8. The van der Waals surface area contributed by atoms with Crippen molar-refractivity contribution >= 4 is 42.4 Å². The summed E-state index contributed by atoms with van der Waals surface area (Å²) in [5.74, 6) is 0. The van der Waals surface area contributed by atoms with Gasteiger partial charge in [0.1, 0.15) is 21.7 Å². The molecular weight excluding hydrogens is 508 g/mol. The maximum Gasteiger partial charge on any atom is 0.267 e. The predicted octanol–water partition coefficient (Wildman–Crippen LogP) is 3.21. The fourth-order valence-corrected chi connectivity index (χ4v) is 5.84. The fraction of sp³-hybridized carbons (Fsp3) is 0.261. The van der Waals surface area contributed by atoms with Gasteiger partial charge in [-0.05, 0) is 61.7 Å². The number of hydrogen-bond donors (Lipinski definition) is 1. The summed E-state index contributed by atoms with van der Waals surface area (Å²) in [5.41, 5.74) is 0.958. The molecule has 3 aromatic heterocycles. The maximum atomic E-state index is 13.5. The van der Waals surface area contributed by atoms with Gasteiger partial charge in [0, 0.05) is 17.3 Å². The number of nitrogens with one attached hydrogen (secondary N) is 1. The van der Waals surface area contributed by atoms with Gasteiger partial charge >= 0.3 is 0 Å². The summed E-state index contributed by atoms with van der Waals surface area (Å²) >= 11 is 3.31. The van der Waals surface area contributed by atoms with Gasteiger partial charge in [-0.2, -0.15) is 0 Å². The second-order valence-corrected chi connectivity index (χ2v) is 10.9. The molecule has 0 radical (unpaired) electrons. The van der Waals surface area contributed by atoms with Crippen molar-refractivity contribution in [2.75, 3.05) is 6.61 Å². The van der Waals surface area contributed by atoms with Gasteiger partial charge < -0.3 is 9.30 Å². The molecule has 1 N–H and O–H groups in total. The van der Waals surface area contributed by atoms with Crippen molar-refractivity contribution in [1.29, 1.82) is 5.41 Å². The number of hydrogen-bond acceptors (Lipinski definition) is 6. The van der Waals surface area contributed by atoms with E-state index in [9.17, 15) is 13.2 Å². The van der Waals surface area contributed by atoms with Crippen molar-refractivity contribution in [1.82, 2.24) is 14.0 Å². The van der Waals surface area contributed by atoms with E-state index < -0.39 is 9.84 Å². The van der Waals surface area contributed by atoms with E-state index in [4.69, 9.17) is 15.1 Å². The second-order valence-electron chi connectivity index (χ2n) is 8.10. The van der Waals surface area contributed by atoms with Gasteiger partial charge in [-0.15, -0.1) is 0 Å². The molecule has 4 aromatic rings. The molecule has 1 fully saturated rings. The van der Waals surface area contributed by atoms with Crippen LogP contribution in [0.3, 0.4) is 0 Å². The van der Waals surface area contributed by atoms with Gasteiger partial charge in [-0.1, -0.05) is 22.0 Å². The smallest absolute Gasteiger partial charge is 0.267 e. The van der Waals surface area contributed by atoms with Crippen LogP contribution in [0.25, 0.3) is 16.7 Å². The molecule has 5 rings (SSSR count). The molecular formula is C23H21BrN4O4S. The monoisotopic (exact) mass is 528 g/mol. The Kier molecular flexibility index (Phi) is 5.46. The molecule has 0 spiro atoms. The topological polar surface area (TPSA) is 107 Å². The highest BCUT2D eigenvalue weighted by Crippen LogP contribution is 2.24. The van der Waals surface area contributed by atoms with Gasteiger partial charge in [-0.25, -0.2) is 13.4 Å². The normalized spacial score (nSPS) is 16.6. The van der Waals surface area contributed by atoms with E-state index >= 15 is 0 Å². The van der Waals surface area contributed by atoms with Crippen molar-refractivity contribution in [3.05, 3.63) is 74.5 Å². The highest BCUT2D eigenvalue weighted by atomic mass is 79.9. The Morgan fingerprint density at radius 2 is 1.97 bits per heavy atom. The van der Waals surface area contributed by atoms with Crippen LogP contribution in [-0.2, 0) is 21.1 Å². The van der Waals surface area contributed by atoms with E-state index in [1.165, 1.54) is 27.2 Å². The molecule has 170 valence electrons. The zero-order chi connectivity index (χ0) is 23.3. The fourth-order valence-electron chi connectivity index (χ4n) is 4.19. The van der Waals surface area contributed by atoms with Crippen LogP contribution in [0.4, 0.5) is 0 Å². The van der Waals surface area contributed by atoms with E-state index in [1.807, 2.05) is 13.0 Å². The Hall–Kier alpha value is -2.82. The summed E-state index contributed by atoms with van der Waals surface area (Å²) in [6.45, 7) is 2.71. The maximum absolute atomic E-state index is 13.5. The Labute approximate surface area is 198 Å². The first kappa shape index (κ1) is 22.0. The Morgan fingerprint density at radius 3 is 2.67 bits per heavy atom. The summed E-state index contributed by atoms with van der Waals surface area (Å²) in [6.07, 6.45) is 3.12. The zero-order valence-corrected chi connectivity index (χ0v) is 20.2. The zero-order valence-electron chi connectivity index (χ0n) is 17.8. The third-order valence-corrected chi connectivity index (χ3v) is 8.23. The third-order valence-electron chi connectivity index (χ3n) is 5.92. The lowest BCUT2D eigenvalue weighted by molar-refractivity contribution is 0.0965. The second kappa shape index (κ2) is 8.19. The molecule has 0 bridgehead atoms. The predicted molar refractivity (Wildman–Crippen MR) is 126 cm³/mol. The number of rotatable bonds is 4.